The number of rotatable bonds is 0. The van der Waals surface area contributed by atoms with Gasteiger partial charge in [-0.25, -0.2) is 0 Å². The second-order valence-corrected chi connectivity index (χ2v) is 9.38. The lowest BCUT2D eigenvalue weighted by molar-refractivity contribution is 0.423. The lowest BCUT2D eigenvalue weighted by atomic mass is 9.78. The van der Waals surface area contributed by atoms with E-state index < -0.39 is 0 Å². The van der Waals surface area contributed by atoms with E-state index in [4.69, 9.17) is 10.2 Å². The van der Waals surface area contributed by atoms with Crippen molar-refractivity contribution in [2.75, 3.05) is 0 Å². The standard InChI is InChI=1S/C15H24O.2C6H6O/c1-10-8-11(14(2,3)4)13(16)12(9-10)15(5,6)7;2*7-6-4-2-1-3-5-6/h8-9,16H,1-7H3;2*1-5,7H. The summed E-state index contributed by atoms with van der Waals surface area (Å²) in [6, 6.07) is 21.6. The van der Waals surface area contributed by atoms with Crippen molar-refractivity contribution in [1.29, 1.82) is 0 Å². The van der Waals surface area contributed by atoms with Crippen molar-refractivity contribution in [2.45, 2.75) is 59.3 Å². The van der Waals surface area contributed by atoms with E-state index in [-0.39, 0.29) is 10.8 Å². The van der Waals surface area contributed by atoms with Crippen molar-refractivity contribution >= 4 is 0 Å². The fourth-order valence-corrected chi connectivity index (χ4v) is 2.78. The maximum Gasteiger partial charge on any atom is 0.123 e. The van der Waals surface area contributed by atoms with Crippen molar-refractivity contribution in [3.63, 3.8) is 0 Å². The average molecular weight is 409 g/mol. The van der Waals surface area contributed by atoms with Crippen LogP contribution in [-0.4, -0.2) is 15.3 Å². The van der Waals surface area contributed by atoms with Gasteiger partial charge in [-0.2, -0.15) is 0 Å². The zero-order valence-corrected chi connectivity index (χ0v) is 19.3. The fourth-order valence-electron chi connectivity index (χ4n) is 2.78. The molecule has 3 nitrogen and oxygen atoms in total. The van der Waals surface area contributed by atoms with Crippen LogP contribution in [0.25, 0.3) is 0 Å². The molecule has 0 fully saturated rings. The Balaban J connectivity index is 0.000000263. The quantitative estimate of drug-likeness (QED) is 0.372. The van der Waals surface area contributed by atoms with Crippen molar-refractivity contribution in [3.8, 4) is 17.2 Å². The van der Waals surface area contributed by atoms with E-state index in [0.29, 0.717) is 17.2 Å². The van der Waals surface area contributed by atoms with E-state index in [0.717, 1.165) is 11.1 Å². The summed E-state index contributed by atoms with van der Waals surface area (Å²) in [5.74, 6) is 1.11. The first-order valence-electron chi connectivity index (χ1n) is 10.1. The maximum absolute atomic E-state index is 10.4. The fraction of sp³-hybridized carbons (Fsp3) is 0.333. The first-order valence-corrected chi connectivity index (χ1v) is 10.1. The van der Waals surface area contributed by atoms with Gasteiger partial charge in [0.2, 0.25) is 0 Å². The molecule has 3 N–H and O–H groups in total. The monoisotopic (exact) mass is 408 g/mol. The molecular weight excluding hydrogens is 372 g/mol. The van der Waals surface area contributed by atoms with E-state index in [9.17, 15) is 5.11 Å². The summed E-state index contributed by atoms with van der Waals surface area (Å²) < 4.78 is 0. The molecule has 0 saturated carbocycles. The third kappa shape index (κ3) is 8.60. The molecule has 0 aliphatic rings. The molecule has 3 rings (SSSR count). The SMILES string of the molecule is Cc1cc(C(C)(C)C)c(O)c(C(C)(C)C)c1.Oc1ccccc1.Oc1ccccc1. The van der Waals surface area contributed by atoms with Crippen LogP contribution in [0.3, 0.4) is 0 Å². The van der Waals surface area contributed by atoms with Gasteiger partial charge in [-0.15, -0.1) is 0 Å². The Hall–Kier alpha value is -2.94. The molecule has 30 heavy (non-hydrogen) atoms. The summed E-state index contributed by atoms with van der Waals surface area (Å²) >= 11 is 0. The van der Waals surface area contributed by atoms with Gasteiger partial charge in [0.25, 0.3) is 0 Å². The van der Waals surface area contributed by atoms with E-state index >= 15 is 0 Å². The lowest BCUT2D eigenvalue weighted by Crippen LogP contribution is -2.17. The molecule has 3 heteroatoms. The number of benzene rings is 3. The molecule has 0 aliphatic heterocycles. The number of phenols is 3. The van der Waals surface area contributed by atoms with E-state index in [1.54, 1.807) is 48.5 Å². The molecule has 0 amide bonds. The van der Waals surface area contributed by atoms with Crippen LogP contribution in [0.2, 0.25) is 0 Å². The Morgan fingerprint density at radius 2 is 0.833 bits per heavy atom. The molecule has 0 atom stereocenters. The summed E-state index contributed by atoms with van der Waals surface area (Å²) in [6.07, 6.45) is 0. The second kappa shape index (κ2) is 10.7. The highest BCUT2D eigenvalue weighted by Gasteiger charge is 2.25. The molecule has 0 aromatic heterocycles. The van der Waals surface area contributed by atoms with Gasteiger partial charge in [0.05, 0.1) is 0 Å². The van der Waals surface area contributed by atoms with Crippen LogP contribution < -0.4 is 0 Å². The summed E-state index contributed by atoms with van der Waals surface area (Å²) in [4.78, 5) is 0. The number of hydrogen-bond donors (Lipinski definition) is 3. The number of para-hydroxylation sites is 2. The van der Waals surface area contributed by atoms with Gasteiger partial charge in [0.15, 0.2) is 0 Å². The summed E-state index contributed by atoms with van der Waals surface area (Å²) in [6.45, 7) is 14.9. The zero-order valence-electron chi connectivity index (χ0n) is 19.3. The molecule has 162 valence electrons. The average Bonchev–Trinajstić information content (AvgIpc) is 2.64. The number of aromatic hydroxyl groups is 3. The van der Waals surface area contributed by atoms with Crippen molar-refractivity contribution in [3.05, 3.63) is 89.5 Å². The van der Waals surface area contributed by atoms with Gasteiger partial charge in [0, 0.05) is 0 Å². The minimum atomic E-state index is -0.0178. The van der Waals surface area contributed by atoms with E-state index in [1.165, 1.54) is 5.56 Å². The number of phenolic OH excluding ortho intramolecular Hbond substituents is 3. The maximum atomic E-state index is 10.4. The third-order valence-electron chi connectivity index (χ3n) is 4.38. The normalized spacial score (nSPS) is 10.9. The van der Waals surface area contributed by atoms with Gasteiger partial charge in [-0.1, -0.05) is 95.6 Å². The minimum absolute atomic E-state index is 0.0178. The summed E-state index contributed by atoms with van der Waals surface area (Å²) in [5, 5.41) is 27.6. The summed E-state index contributed by atoms with van der Waals surface area (Å²) in [5.41, 5.74) is 3.26. The van der Waals surface area contributed by atoms with E-state index in [2.05, 4.69) is 60.6 Å². The molecule has 0 saturated heterocycles. The second-order valence-electron chi connectivity index (χ2n) is 9.38. The number of hydrogen-bond acceptors (Lipinski definition) is 3. The van der Waals surface area contributed by atoms with Crippen LogP contribution in [-0.2, 0) is 10.8 Å². The zero-order chi connectivity index (χ0) is 22.9. The Morgan fingerprint density at radius 1 is 0.533 bits per heavy atom. The Kier molecular flexibility index (Phi) is 8.97. The van der Waals surface area contributed by atoms with E-state index in [1.807, 2.05) is 12.1 Å². The van der Waals surface area contributed by atoms with Gasteiger partial charge >= 0.3 is 0 Å². The topological polar surface area (TPSA) is 60.7 Å². The summed E-state index contributed by atoms with van der Waals surface area (Å²) in [7, 11) is 0. The molecule has 0 bridgehead atoms. The first-order chi connectivity index (χ1) is 13.8. The predicted molar refractivity (Wildman–Crippen MR) is 126 cm³/mol. The van der Waals surface area contributed by atoms with Crippen molar-refractivity contribution in [2.24, 2.45) is 0 Å². The van der Waals surface area contributed by atoms with Gasteiger partial charge < -0.3 is 15.3 Å². The number of aryl methyl sites for hydroxylation is 1. The Bertz CT molecular complexity index is 814. The van der Waals surface area contributed by atoms with Gasteiger partial charge in [-0.05, 0) is 53.1 Å². The molecule has 0 heterocycles. The van der Waals surface area contributed by atoms with Gasteiger partial charge in [-0.3, -0.25) is 0 Å². The van der Waals surface area contributed by atoms with Crippen molar-refractivity contribution in [1.82, 2.24) is 0 Å². The highest BCUT2D eigenvalue weighted by atomic mass is 16.3. The minimum Gasteiger partial charge on any atom is -0.508 e. The van der Waals surface area contributed by atoms with Crippen LogP contribution in [0, 0.1) is 6.92 Å². The highest BCUT2D eigenvalue weighted by molar-refractivity contribution is 5.49. The molecule has 0 unspecified atom stereocenters. The van der Waals surface area contributed by atoms with Crippen LogP contribution in [0.4, 0.5) is 0 Å². The molecule has 3 aromatic carbocycles. The third-order valence-corrected chi connectivity index (χ3v) is 4.38. The molecular formula is C27H36O3. The van der Waals surface area contributed by atoms with Crippen LogP contribution in [0.5, 0.6) is 17.2 Å². The molecule has 0 aliphatic carbocycles. The van der Waals surface area contributed by atoms with Crippen molar-refractivity contribution < 1.29 is 15.3 Å². The first kappa shape index (κ1) is 25.1. The highest BCUT2D eigenvalue weighted by Crippen LogP contribution is 2.39. The largest absolute Gasteiger partial charge is 0.508 e. The lowest BCUT2D eigenvalue weighted by Gasteiger charge is -2.27. The smallest absolute Gasteiger partial charge is 0.123 e. The van der Waals surface area contributed by atoms with Crippen LogP contribution in [0.1, 0.15) is 58.2 Å². The molecule has 0 radical (unpaired) electrons. The molecule has 3 aromatic rings. The Morgan fingerprint density at radius 3 is 1.03 bits per heavy atom. The predicted octanol–water partition coefficient (Wildman–Crippen LogP) is 7.08. The van der Waals surface area contributed by atoms with Gasteiger partial charge in [0.1, 0.15) is 17.2 Å². The Labute approximate surface area is 181 Å². The van der Waals surface area contributed by atoms with Crippen LogP contribution >= 0.6 is 0 Å². The van der Waals surface area contributed by atoms with Crippen LogP contribution in [0.15, 0.2) is 72.8 Å². The molecule has 0 spiro atoms.